The van der Waals surface area contributed by atoms with E-state index in [2.05, 4.69) is 0 Å². The third kappa shape index (κ3) is 5.40. The lowest BCUT2D eigenvalue weighted by Crippen LogP contribution is -2.43. The Hall–Kier alpha value is -1.92. The molecule has 0 aromatic rings. The predicted molar refractivity (Wildman–Crippen MR) is 47.1 cm³/mol. The van der Waals surface area contributed by atoms with Crippen LogP contribution in [0, 0.1) is 0 Å². The van der Waals surface area contributed by atoms with Gasteiger partial charge >= 0.3 is 11.9 Å². The summed E-state index contributed by atoms with van der Waals surface area (Å²) in [5.74, 6) is -4.39. The first-order valence-corrected chi connectivity index (χ1v) is 4.10. The maximum atomic E-state index is 10.8. The third-order valence-corrected chi connectivity index (χ3v) is 1.57. The molecule has 0 aliphatic rings. The van der Waals surface area contributed by atoms with Crippen LogP contribution < -0.4 is 5.32 Å². The highest BCUT2D eigenvalue weighted by molar-refractivity contribution is 6.35. The van der Waals surface area contributed by atoms with E-state index >= 15 is 0 Å². The van der Waals surface area contributed by atoms with Gasteiger partial charge in [-0.15, -0.1) is 0 Å². The molecule has 1 atom stereocenters. The second-order valence-electron chi connectivity index (χ2n) is 2.85. The average molecular weight is 217 g/mol. The van der Waals surface area contributed by atoms with E-state index in [0.717, 1.165) is 6.92 Å². The Kier molecular flexibility index (Phi) is 5.00. The fourth-order valence-electron chi connectivity index (χ4n) is 0.785. The van der Waals surface area contributed by atoms with Gasteiger partial charge in [-0.2, -0.15) is 0 Å². The molecule has 84 valence electrons. The van der Waals surface area contributed by atoms with Crippen LogP contribution in [0.4, 0.5) is 0 Å². The second kappa shape index (κ2) is 5.74. The van der Waals surface area contributed by atoms with Crippen molar-refractivity contribution < 1.29 is 29.4 Å². The quantitative estimate of drug-likeness (QED) is 0.491. The van der Waals surface area contributed by atoms with E-state index in [9.17, 15) is 19.2 Å². The number of ketones is 1. The molecule has 0 bridgehead atoms. The van der Waals surface area contributed by atoms with Crippen LogP contribution in [0.15, 0.2) is 0 Å². The Balaban J connectivity index is 4.28. The van der Waals surface area contributed by atoms with Gasteiger partial charge in [0.05, 0.1) is 0 Å². The molecule has 0 saturated carbocycles. The summed E-state index contributed by atoms with van der Waals surface area (Å²) < 4.78 is 0. The van der Waals surface area contributed by atoms with Gasteiger partial charge in [-0.25, -0.2) is 4.79 Å². The molecule has 1 amide bonds. The first kappa shape index (κ1) is 13.1. The number of hydrogen-bond donors (Lipinski definition) is 3. The van der Waals surface area contributed by atoms with Gasteiger partial charge in [0.25, 0.3) is 5.91 Å². The Labute approximate surface area is 85.1 Å². The van der Waals surface area contributed by atoms with E-state index in [1.54, 1.807) is 0 Å². The molecule has 15 heavy (non-hydrogen) atoms. The van der Waals surface area contributed by atoms with Crippen molar-refractivity contribution >= 4 is 23.6 Å². The van der Waals surface area contributed by atoms with Crippen LogP contribution in [0.5, 0.6) is 0 Å². The highest BCUT2D eigenvalue weighted by Crippen LogP contribution is 1.98. The van der Waals surface area contributed by atoms with Gasteiger partial charge in [0.2, 0.25) is 5.78 Å². The molecule has 0 rings (SSSR count). The number of rotatable bonds is 6. The predicted octanol–water partition coefficient (Wildman–Crippen LogP) is -0.990. The number of carboxylic acid groups (broad SMARTS) is 2. The normalized spacial score (nSPS) is 11.5. The van der Waals surface area contributed by atoms with Crippen LogP contribution in [0.2, 0.25) is 0 Å². The van der Waals surface area contributed by atoms with Crippen molar-refractivity contribution in [2.75, 3.05) is 0 Å². The standard InChI is InChI=1S/C8H11NO6/c1-4(10)7(13)9-5(8(14)15)2-3-6(11)12/h5H,2-3H2,1H3,(H,9,13)(H,11,12)(H,14,15)/t5-/m0/s1. The maximum absolute atomic E-state index is 10.8. The first-order chi connectivity index (χ1) is 6.84. The van der Waals surface area contributed by atoms with Crippen LogP contribution >= 0.6 is 0 Å². The van der Waals surface area contributed by atoms with Gasteiger partial charge in [-0.3, -0.25) is 14.4 Å². The smallest absolute Gasteiger partial charge is 0.326 e. The number of carbonyl (C=O) groups is 4. The van der Waals surface area contributed by atoms with Gasteiger partial charge in [0, 0.05) is 13.3 Å². The molecule has 0 unspecified atom stereocenters. The largest absolute Gasteiger partial charge is 0.481 e. The summed E-state index contributed by atoms with van der Waals surface area (Å²) in [5.41, 5.74) is 0. The van der Waals surface area contributed by atoms with Crippen LogP contribution in [-0.2, 0) is 19.2 Å². The van der Waals surface area contributed by atoms with E-state index in [-0.39, 0.29) is 6.42 Å². The second-order valence-corrected chi connectivity index (χ2v) is 2.85. The van der Waals surface area contributed by atoms with Gasteiger partial charge in [-0.05, 0) is 6.42 Å². The number of Topliss-reactive ketones (excluding diaryl/α,β-unsaturated/α-hetero) is 1. The van der Waals surface area contributed by atoms with E-state index in [1.165, 1.54) is 0 Å². The summed E-state index contributed by atoms with van der Waals surface area (Å²) in [6.07, 6.45) is -0.654. The average Bonchev–Trinajstić information content (AvgIpc) is 2.10. The van der Waals surface area contributed by atoms with E-state index < -0.39 is 36.1 Å². The molecule has 0 fully saturated rings. The van der Waals surface area contributed by atoms with Crippen LogP contribution in [0.25, 0.3) is 0 Å². The van der Waals surface area contributed by atoms with Gasteiger partial charge in [0.1, 0.15) is 6.04 Å². The van der Waals surface area contributed by atoms with Crippen LogP contribution in [0.3, 0.4) is 0 Å². The van der Waals surface area contributed by atoms with Crippen molar-refractivity contribution in [2.24, 2.45) is 0 Å². The molecular weight excluding hydrogens is 206 g/mol. The lowest BCUT2D eigenvalue weighted by Gasteiger charge is -2.11. The number of aliphatic carboxylic acids is 2. The lowest BCUT2D eigenvalue weighted by molar-refractivity contribution is -0.144. The molecule has 0 aromatic heterocycles. The maximum Gasteiger partial charge on any atom is 0.326 e. The summed E-state index contributed by atoms with van der Waals surface area (Å²) in [6.45, 7) is 0.992. The zero-order chi connectivity index (χ0) is 12.0. The van der Waals surface area contributed by atoms with Gasteiger partial charge < -0.3 is 15.5 Å². The molecule has 0 radical (unpaired) electrons. The molecule has 0 aliphatic heterocycles. The lowest BCUT2D eigenvalue weighted by atomic mass is 10.1. The van der Waals surface area contributed by atoms with Crippen molar-refractivity contribution in [2.45, 2.75) is 25.8 Å². The Morgan fingerprint density at radius 3 is 2.07 bits per heavy atom. The highest BCUT2D eigenvalue weighted by atomic mass is 16.4. The zero-order valence-electron chi connectivity index (χ0n) is 8.02. The molecule has 0 saturated heterocycles. The molecule has 7 nitrogen and oxygen atoms in total. The molecule has 7 heteroatoms. The van der Waals surface area contributed by atoms with E-state index in [1.807, 2.05) is 5.32 Å². The summed E-state index contributed by atoms with van der Waals surface area (Å²) >= 11 is 0. The minimum atomic E-state index is -1.37. The number of nitrogens with one attached hydrogen (secondary N) is 1. The Morgan fingerprint density at radius 2 is 1.73 bits per heavy atom. The molecular formula is C8H11NO6. The number of amides is 1. The van der Waals surface area contributed by atoms with E-state index in [4.69, 9.17) is 10.2 Å². The van der Waals surface area contributed by atoms with Crippen molar-refractivity contribution in [3.63, 3.8) is 0 Å². The fourth-order valence-corrected chi connectivity index (χ4v) is 0.785. The minimum absolute atomic E-state index is 0.260. The van der Waals surface area contributed by atoms with Crippen molar-refractivity contribution in [3.05, 3.63) is 0 Å². The topological polar surface area (TPSA) is 121 Å². The van der Waals surface area contributed by atoms with Crippen molar-refractivity contribution in [1.82, 2.24) is 5.32 Å². The number of hydrogen-bond acceptors (Lipinski definition) is 4. The number of carboxylic acids is 2. The SMILES string of the molecule is CC(=O)C(=O)N[C@@H](CCC(=O)O)C(=O)O. The summed E-state index contributed by atoms with van der Waals surface area (Å²) in [4.78, 5) is 42.1. The van der Waals surface area contributed by atoms with Gasteiger partial charge in [-0.1, -0.05) is 0 Å². The summed E-state index contributed by atoms with van der Waals surface area (Å²) in [6, 6.07) is -1.35. The van der Waals surface area contributed by atoms with Gasteiger partial charge in [0.15, 0.2) is 0 Å². The highest BCUT2D eigenvalue weighted by Gasteiger charge is 2.22. The molecule has 0 spiro atoms. The monoisotopic (exact) mass is 217 g/mol. The number of carbonyl (C=O) groups excluding carboxylic acids is 2. The van der Waals surface area contributed by atoms with Crippen LogP contribution in [0.1, 0.15) is 19.8 Å². The summed E-state index contributed by atoms with van der Waals surface area (Å²) in [5, 5.41) is 18.8. The summed E-state index contributed by atoms with van der Waals surface area (Å²) in [7, 11) is 0. The minimum Gasteiger partial charge on any atom is -0.481 e. The first-order valence-electron chi connectivity index (χ1n) is 4.10. The Bertz CT molecular complexity index is 298. The zero-order valence-corrected chi connectivity index (χ0v) is 8.02. The van der Waals surface area contributed by atoms with E-state index in [0.29, 0.717) is 0 Å². The van der Waals surface area contributed by atoms with Crippen molar-refractivity contribution in [1.29, 1.82) is 0 Å². The fraction of sp³-hybridized carbons (Fsp3) is 0.500. The third-order valence-electron chi connectivity index (χ3n) is 1.57. The molecule has 0 aliphatic carbocycles. The molecule has 0 heterocycles. The molecule has 3 N–H and O–H groups in total. The molecule has 0 aromatic carbocycles. The van der Waals surface area contributed by atoms with Crippen molar-refractivity contribution in [3.8, 4) is 0 Å². The Morgan fingerprint density at radius 1 is 1.20 bits per heavy atom. The van der Waals surface area contributed by atoms with Crippen LogP contribution in [-0.4, -0.2) is 39.9 Å².